The Morgan fingerprint density at radius 3 is 2.33 bits per heavy atom. The number of nitrogens with zero attached hydrogens (tertiary/aromatic N) is 2. The number of aromatic nitrogens is 2. The van der Waals surface area contributed by atoms with Crippen LogP contribution in [0, 0.1) is 6.92 Å². The number of nitrogens with two attached hydrogens (primary N) is 1. The van der Waals surface area contributed by atoms with Gasteiger partial charge < -0.3 is 17.7 Å². The first-order valence-electron chi connectivity index (χ1n) is 9.44. The molecule has 3 aromatic rings. The lowest BCUT2D eigenvalue weighted by atomic mass is 9.95. The summed E-state index contributed by atoms with van der Waals surface area (Å²) in [5.74, 6) is 0.247. The summed E-state index contributed by atoms with van der Waals surface area (Å²) in [6, 6.07) is 23.7. The van der Waals surface area contributed by atoms with E-state index in [1.165, 1.54) is 5.56 Å². The Labute approximate surface area is 168 Å². The van der Waals surface area contributed by atoms with Crippen LogP contribution in [0.5, 0.6) is 0 Å². The Hall–Kier alpha value is -2.23. The minimum absolute atomic E-state index is 0. The van der Waals surface area contributed by atoms with Crippen LogP contribution in [-0.4, -0.2) is 22.6 Å². The maximum absolute atomic E-state index is 4.76. The van der Waals surface area contributed by atoms with E-state index in [1.54, 1.807) is 0 Å². The van der Waals surface area contributed by atoms with Crippen molar-refractivity contribution in [2.75, 3.05) is 6.54 Å². The fourth-order valence-electron chi connectivity index (χ4n) is 3.40. The molecule has 3 rings (SSSR count). The van der Waals surface area contributed by atoms with Crippen LogP contribution in [-0.2, 0) is 6.42 Å². The third-order valence-corrected chi connectivity index (χ3v) is 4.74. The smallest absolute Gasteiger partial charge is 0.0871 e. The van der Waals surface area contributed by atoms with E-state index < -0.39 is 0 Å². The van der Waals surface area contributed by atoms with Crippen LogP contribution in [0.3, 0.4) is 0 Å². The number of rotatable bonds is 8. The van der Waals surface area contributed by atoms with E-state index in [0.717, 1.165) is 36.5 Å². The molecule has 3 nitrogen and oxygen atoms in total. The van der Waals surface area contributed by atoms with Gasteiger partial charge in [-0.1, -0.05) is 42.5 Å². The van der Waals surface area contributed by atoms with E-state index in [9.17, 15) is 0 Å². The number of hydrogen-bond donors (Lipinski definition) is 1. The molecule has 0 spiro atoms. The van der Waals surface area contributed by atoms with Crippen LogP contribution < -0.4 is 17.7 Å². The Kier molecular flexibility index (Phi) is 8.43. The van der Waals surface area contributed by atoms with E-state index in [0.29, 0.717) is 6.04 Å². The average molecular weight is 382 g/mol. The minimum atomic E-state index is 0. The van der Waals surface area contributed by atoms with Crippen LogP contribution in [0.15, 0.2) is 72.9 Å². The van der Waals surface area contributed by atoms with E-state index >= 15 is 0 Å². The molecule has 1 aromatic carbocycles. The highest BCUT2D eigenvalue weighted by atomic mass is 35.5. The first-order chi connectivity index (χ1) is 12.7. The molecule has 0 radical (unpaired) electrons. The summed E-state index contributed by atoms with van der Waals surface area (Å²) < 4.78 is 0. The van der Waals surface area contributed by atoms with E-state index in [4.69, 9.17) is 4.98 Å². The van der Waals surface area contributed by atoms with Crippen LogP contribution >= 0.6 is 0 Å². The number of hydrogen-bond acceptors (Lipinski definition) is 2. The average Bonchev–Trinajstić information content (AvgIpc) is 2.67. The molecular formula is C23H28ClN3. The lowest BCUT2D eigenvalue weighted by Gasteiger charge is -2.17. The van der Waals surface area contributed by atoms with Crippen LogP contribution in [0.1, 0.15) is 41.9 Å². The van der Waals surface area contributed by atoms with Gasteiger partial charge in [-0.25, -0.2) is 0 Å². The quantitative estimate of drug-likeness (QED) is 0.617. The zero-order valence-electron chi connectivity index (χ0n) is 16.1. The van der Waals surface area contributed by atoms with Gasteiger partial charge in [-0.15, -0.1) is 0 Å². The van der Waals surface area contributed by atoms with Crippen molar-refractivity contribution >= 4 is 0 Å². The van der Waals surface area contributed by atoms with Crippen molar-refractivity contribution in [3.8, 4) is 0 Å². The number of quaternary nitrogens is 1. The topological polar surface area (TPSA) is 42.4 Å². The first kappa shape index (κ1) is 21.1. The van der Waals surface area contributed by atoms with Crippen molar-refractivity contribution in [1.82, 2.24) is 9.97 Å². The second-order valence-electron chi connectivity index (χ2n) is 6.99. The Morgan fingerprint density at radius 1 is 0.889 bits per heavy atom. The van der Waals surface area contributed by atoms with Gasteiger partial charge in [-0.3, -0.25) is 9.97 Å². The molecule has 0 aliphatic rings. The van der Waals surface area contributed by atoms with E-state index in [1.807, 2.05) is 25.3 Å². The monoisotopic (exact) mass is 381 g/mol. The van der Waals surface area contributed by atoms with Gasteiger partial charge in [0.2, 0.25) is 0 Å². The van der Waals surface area contributed by atoms with Gasteiger partial charge in [-0.2, -0.15) is 0 Å². The zero-order valence-corrected chi connectivity index (χ0v) is 16.8. The summed E-state index contributed by atoms with van der Waals surface area (Å²) in [5.41, 5.74) is 4.69. The molecule has 4 heteroatoms. The fraction of sp³-hybridized carbons (Fsp3) is 0.304. The lowest BCUT2D eigenvalue weighted by molar-refractivity contribution is -0.686. The molecule has 142 valence electrons. The van der Waals surface area contributed by atoms with Crippen molar-refractivity contribution in [1.29, 1.82) is 0 Å². The van der Waals surface area contributed by atoms with Crippen LogP contribution in [0.4, 0.5) is 0 Å². The van der Waals surface area contributed by atoms with Gasteiger partial charge >= 0.3 is 0 Å². The summed E-state index contributed by atoms with van der Waals surface area (Å²) in [4.78, 5) is 9.36. The number of pyridine rings is 2. The van der Waals surface area contributed by atoms with Gasteiger partial charge in [0.15, 0.2) is 0 Å². The third-order valence-electron chi connectivity index (χ3n) is 4.74. The summed E-state index contributed by atoms with van der Waals surface area (Å²) in [5, 5.41) is 2.44. The van der Waals surface area contributed by atoms with E-state index in [2.05, 4.69) is 71.8 Å². The molecule has 0 fully saturated rings. The molecule has 27 heavy (non-hydrogen) atoms. The Balaban J connectivity index is 0.00000261. The van der Waals surface area contributed by atoms with Gasteiger partial charge in [0.25, 0.3) is 0 Å². The molecule has 2 atom stereocenters. The van der Waals surface area contributed by atoms with Gasteiger partial charge in [0, 0.05) is 42.0 Å². The normalized spacial score (nSPS) is 12.8. The molecular weight excluding hydrogens is 354 g/mol. The largest absolute Gasteiger partial charge is 1.00 e. The fourth-order valence-corrected chi connectivity index (χ4v) is 3.40. The Bertz CT molecular complexity index is 793. The Morgan fingerprint density at radius 2 is 1.63 bits per heavy atom. The van der Waals surface area contributed by atoms with Crippen molar-refractivity contribution in [2.45, 2.75) is 38.6 Å². The third kappa shape index (κ3) is 6.46. The number of halogens is 1. The molecule has 2 heterocycles. The van der Waals surface area contributed by atoms with Crippen LogP contribution in [0.2, 0.25) is 0 Å². The molecule has 2 N–H and O–H groups in total. The highest BCUT2D eigenvalue weighted by Gasteiger charge is 2.18. The van der Waals surface area contributed by atoms with Gasteiger partial charge in [0.1, 0.15) is 0 Å². The second-order valence-corrected chi connectivity index (χ2v) is 6.99. The van der Waals surface area contributed by atoms with E-state index in [-0.39, 0.29) is 18.3 Å². The molecule has 0 saturated heterocycles. The molecule has 0 saturated carbocycles. The minimum Gasteiger partial charge on any atom is -1.00 e. The molecule has 0 bridgehead atoms. The van der Waals surface area contributed by atoms with Crippen molar-refractivity contribution in [3.63, 3.8) is 0 Å². The maximum Gasteiger partial charge on any atom is 0.0871 e. The second kappa shape index (κ2) is 10.8. The lowest BCUT2D eigenvalue weighted by Crippen LogP contribution is -3.00. The van der Waals surface area contributed by atoms with Crippen LogP contribution in [0.25, 0.3) is 0 Å². The van der Waals surface area contributed by atoms with Gasteiger partial charge in [-0.05, 0) is 43.7 Å². The molecule has 0 aliphatic carbocycles. The molecule has 2 unspecified atom stereocenters. The molecule has 2 aromatic heterocycles. The molecule has 0 aliphatic heterocycles. The summed E-state index contributed by atoms with van der Waals surface area (Å²) in [6.45, 7) is 5.41. The van der Waals surface area contributed by atoms with Crippen molar-refractivity contribution in [2.24, 2.45) is 0 Å². The summed E-state index contributed by atoms with van der Waals surface area (Å²) in [6.07, 6.45) is 4.00. The zero-order chi connectivity index (χ0) is 18.2. The highest BCUT2D eigenvalue weighted by Crippen LogP contribution is 2.24. The SMILES string of the molecule is Cc1cccc(C(CC[NH2+]C(C)Cc2ccccc2)c2ccccn2)n1.[Cl-]. The highest BCUT2D eigenvalue weighted by molar-refractivity contribution is 5.24. The summed E-state index contributed by atoms with van der Waals surface area (Å²) in [7, 11) is 0. The number of benzene rings is 1. The van der Waals surface area contributed by atoms with Crippen molar-refractivity contribution < 1.29 is 17.7 Å². The van der Waals surface area contributed by atoms with Gasteiger partial charge in [0.05, 0.1) is 12.6 Å². The maximum atomic E-state index is 4.76. The standard InChI is InChI=1S/C23H27N3.ClH/c1-18-9-8-13-23(26-18)21(22-12-6-7-15-25-22)14-16-24-19(2)17-20-10-4-3-5-11-20;/h3-13,15,19,21,24H,14,16-17H2,1-2H3;1H. The number of aryl methyl sites for hydroxylation is 1. The molecule has 0 amide bonds. The predicted octanol–water partition coefficient (Wildman–Crippen LogP) is 0.506. The predicted molar refractivity (Wildman–Crippen MR) is 106 cm³/mol. The first-order valence-corrected chi connectivity index (χ1v) is 9.44. The van der Waals surface area contributed by atoms with Crippen molar-refractivity contribution in [3.05, 3.63) is 95.6 Å². The summed E-state index contributed by atoms with van der Waals surface area (Å²) >= 11 is 0.